The highest BCUT2D eigenvalue weighted by molar-refractivity contribution is 9.10. The molecule has 3 rings (SSSR count). The number of hydrogen-bond donors (Lipinski definition) is 0. The molecule has 1 aliphatic heterocycles. The number of amides is 1. The number of carbonyl (C=O) groups excluding carboxylic acids is 1. The summed E-state index contributed by atoms with van der Waals surface area (Å²) in [6.45, 7) is 0.808. The molecule has 3 nitrogen and oxygen atoms in total. The van der Waals surface area contributed by atoms with Gasteiger partial charge in [-0.2, -0.15) is 0 Å². The van der Waals surface area contributed by atoms with E-state index < -0.39 is 0 Å². The van der Waals surface area contributed by atoms with E-state index >= 15 is 0 Å². The molecule has 0 radical (unpaired) electrons. The van der Waals surface area contributed by atoms with Gasteiger partial charge in [0.05, 0.1) is 13.2 Å². The number of ether oxygens (including phenoxy) is 1. The van der Waals surface area contributed by atoms with Gasteiger partial charge in [-0.1, -0.05) is 34.1 Å². The highest BCUT2D eigenvalue weighted by Gasteiger charge is 2.30. The van der Waals surface area contributed by atoms with Gasteiger partial charge in [-0.15, -0.1) is 0 Å². The lowest BCUT2D eigenvalue weighted by Gasteiger charge is -2.25. The van der Waals surface area contributed by atoms with Crippen molar-refractivity contribution < 1.29 is 9.53 Å². The Balaban J connectivity index is 1.84. The molecule has 1 saturated heterocycles. The number of carbonyl (C=O) groups is 1. The quantitative estimate of drug-likeness (QED) is 0.810. The van der Waals surface area contributed by atoms with Crippen molar-refractivity contribution in [3.8, 4) is 5.75 Å². The highest BCUT2D eigenvalue weighted by atomic mass is 79.9. The molecule has 114 valence electrons. The maximum atomic E-state index is 12.8. The summed E-state index contributed by atoms with van der Waals surface area (Å²) >= 11 is 3.43. The van der Waals surface area contributed by atoms with E-state index in [1.54, 1.807) is 7.11 Å². The Kier molecular flexibility index (Phi) is 4.48. The first-order valence-corrected chi connectivity index (χ1v) is 8.19. The lowest BCUT2D eigenvalue weighted by molar-refractivity contribution is 0.0735. The molecule has 1 aliphatic rings. The second-order valence-corrected chi connectivity index (χ2v) is 6.36. The van der Waals surface area contributed by atoms with E-state index in [0.29, 0.717) is 0 Å². The molecule has 0 N–H and O–H groups in total. The first-order chi connectivity index (χ1) is 10.7. The summed E-state index contributed by atoms with van der Waals surface area (Å²) in [7, 11) is 1.66. The fourth-order valence-corrected chi connectivity index (χ4v) is 3.37. The van der Waals surface area contributed by atoms with Gasteiger partial charge < -0.3 is 9.64 Å². The Labute approximate surface area is 139 Å². The van der Waals surface area contributed by atoms with Gasteiger partial charge in [0, 0.05) is 16.6 Å². The van der Waals surface area contributed by atoms with Crippen molar-refractivity contribution >= 4 is 21.8 Å². The highest BCUT2D eigenvalue weighted by Crippen LogP contribution is 2.34. The zero-order valence-electron chi connectivity index (χ0n) is 12.5. The third kappa shape index (κ3) is 3.02. The number of nitrogens with zero attached hydrogens (tertiary/aromatic N) is 1. The number of likely N-dealkylation sites (tertiary alicyclic amines) is 1. The van der Waals surface area contributed by atoms with Crippen LogP contribution in [0.5, 0.6) is 5.75 Å². The van der Waals surface area contributed by atoms with E-state index in [1.807, 2.05) is 41.3 Å². The van der Waals surface area contributed by atoms with E-state index in [-0.39, 0.29) is 11.9 Å². The van der Waals surface area contributed by atoms with Gasteiger partial charge in [0.25, 0.3) is 5.91 Å². The molecule has 0 saturated carbocycles. The van der Waals surface area contributed by atoms with Crippen LogP contribution in [0.15, 0.2) is 53.0 Å². The molecule has 22 heavy (non-hydrogen) atoms. The standard InChI is InChI=1S/C18H18BrNO2/c1-22-16-9-7-13(8-10-16)17-6-3-11-20(17)18(21)14-4-2-5-15(19)12-14/h2,4-5,7-10,12,17H,3,6,11H2,1H3. The zero-order chi connectivity index (χ0) is 15.5. The molecular formula is C18H18BrNO2. The summed E-state index contributed by atoms with van der Waals surface area (Å²) in [6, 6.07) is 15.7. The van der Waals surface area contributed by atoms with Crippen LogP contribution in [-0.2, 0) is 0 Å². The Morgan fingerprint density at radius 3 is 2.68 bits per heavy atom. The minimum absolute atomic E-state index is 0.0969. The molecule has 4 heteroatoms. The van der Waals surface area contributed by atoms with Crippen LogP contribution >= 0.6 is 15.9 Å². The van der Waals surface area contributed by atoms with Crippen LogP contribution < -0.4 is 4.74 Å². The molecule has 2 aromatic rings. The van der Waals surface area contributed by atoms with Gasteiger partial charge in [0.15, 0.2) is 0 Å². The van der Waals surface area contributed by atoms with Gasteiger partial charge in [-0.05, 0) is 48.7 Å². The average molecular weight is 360 g/mol. The van der Waals surface area contributed by atoms with Crippen LogP contribution in [0.25, 0.3) is 0 Å². The first kappa shape index (κ1) is 15.1. The van der Waals surface area contributed by atoms with Crippen molar-refractivity contribution in [3.63, 3.8) is 0 Å². The fourth-order valence-electron chi connectivity index (χ4n) is 2.97. The van der Waals surface area contributed by atoms with Crippen molar-refractivity contribution in [2.24, 2.45) is 0 Å². The van der Waals surface area contributed by atoms with Crippen molar-refractivity contribution in [2.75, 3.05) is 13.7 Å². The Morgan fingerprint density at radius 2 is 2.00 bits per heavy atom. The molecule has 1 atom stereocenters. The lowest BCUT2D eigenvalue weighted by atomic mass is 10.0. The largest absolute Gasteiger partial charge is 0.497 e. The number of rotatable bonds is 3. The minimum atomic E-state index is 0.0969. The van der Waals surface area contributed by atoms with E-state index in [9.17, 15) is 4.79 Å². The van der Waals surface area contributed by atoms with Crippen LogP contribution in [0.2, 0.25) is 0 Å². The predicted octanol–water partition coefficient (Wildman–Crippen LogP) is 4.44. The smallest absolute Gasteiger partial charge is 0.254 e. The van der Waals surface area contributed by atoms with E-state index in [4.69, 9.17) is 4.74 Å². The van der Waals surface area contributed by atoms with Gasteiger partial charge in [0.1, 0.15) is 5.75 Å². The summed E-state index contributed by atoms with van der Waals surface area (Å²) in [5.74, 6) is 0.936. The number of benzene rings is 2. The summed E-state index contributed by atoms with van der Waals surface area (Å²) in [5, 5.41) is 0. The number of methoxy groups -OCH3 is 1. The Morgan fingerprint density at radius 1 is 1.23 bits per heavy atom. The normalized spacial score (nSPS) is 17.5. The molecule has 1 fully saturated rings. The maximum absolute atomic E-state index is 12.8. The Bertz CT molecular complexity index is 669. The summed E-state index contributed by atoms with van der Waals surface area (Å²) in [5.41, 5.74) is 1.90. The van der Waals surface area contributed by atoms with Crippen LogP contribution in [0.3, 0.4) is 0 Å². The monoisotopic (exact) mass is 359 g/mol. The van der Waals surface area contributed by atoms with E-state index in [1.165, 1.54) is 5.56 Å². The van der Waals surface area contributed by atoms with Crippen LogP contribution in [0, 0.1) is 0 Å². The molecule has 0 spiro atoms. The van der Waals surface area contributed by atoms with Crippen molar-refractivity contribution in [1.29, 1.82) is 0 Å². The summed E-state index contributed by atoms with van der Waals surface area (Å²) < 4.78 is 6.13. The van der Waals surface area contributed by atoms with Crippen molar-refractivity contribution in [2.45, 2.75) is 18.9 Å². The third-order valence-electron chi connectivity index (χ3n) is 4.09. The van der Waals surface area contributed by atoms with Gasteiger partial charge in [-0.25, -0.2) is 0 Å². The van der Waals surface area contributed by atoms with Crippen LogP contribution in [0.1, 0.15) is 34.8 Å². The first-order valence-electron chi connectivity index (χ1n) is 7.39. The number of hydrogen-bond acceptors (Lipinski definition) is 2. The van der Waals surface area contributed by atoms with E-state index in [0.717, 1.165) is 35.2 Å². The Hall–Kier alpha value is -1.81. The molecule has 1 heterocycles. The van der Waals surface area contributed by atoms with Crippen molar-refractivity contribution in [3.05, 3.63) is 64.1 Å². The molecular weight excluding hydrogens is 342 g/mol. The molecule has 1 unspecified atom stereocenters. The minimum Gasteiger partial charge on any atom is -0.497 e. The number of halogens is 1. The molecule has 1 amide bonds. The second-order valence-electron chi connectivity index (χ2n) is 5.44. The molecule has 0 aliphatic carbocycles. The third-order valence-corrected chi connectivity index (χ3v) is 4.58. The summed E-state index contributed by atoms with van der Waals surface area (Å²) in [6.07, 6.45) is 2.04. The molecule has 2 aromatic carbocycles. The van der Waals surface area contributed by atoms with Gasteiger partial charge in [-0.3, -0.25) is 4.79 Å². The second kappa shape index (κ2) is 6.53. The van der Waals surface area contributed by atoms with Gasteiger partial charge >= 0.3 is 0 Å². The fraction of sp³-hybridized carbons (Fsp3) is 0.278. The average Bonchev–Trinajstić information content (AvgIpc) is 3.04. The van der Waals surface area contributed by atoms with E-state index in [2.05, 4.69) is 28.1 Å². The van der Waals surface area contributed by atoms with Crippen LogP contribution in [-0.4, -0.2) is 24.5 Å². The predicted molar refractivity (Wildman–Crippen MR) is 90.1 cm³/mol. The lowest BCUT2D eigenvalue weighted by Crippen LogP contribution is -2.30. The molecule has 0 bridgehead atoms. The SMILES string of the molecule is COc1ccc(C2CCCN2C(=O)c2cccc(Br)c2)cc1. The maximum Gasteiger partial charge on any atom is 0.254 e. The van der Waals surface area contributed by atoms with Crippen molar-refractivity contribution in [1.82, 2.24) is 4.90 Å². The zero-order valence-corrected chi connectivity index (χ0v) is 14.0. The van der Waals surface area contributed by atoms with Gasteiger partial charge in [0.2, 0.25) is 0 Å². The topological polar surface area (TPSA) is 29.5 Å². The summed E-state index contributed by atoms with van der Waals surface area (Å²) in [4.78, 5) is 14.8. The molecule has 0 aromatic heterocycles. The van der Waals surface area contributed by atoms with Crippen LogP contribution in [0.4, 0.5) is 0 Å².